The number of aryl methyl sites for hydroxylation is 1. The van der Waals surface area contributed by atoms with Crippen molar-refractivity contribution in [1.82, 2.24) is 4.90 Å². The molecule has 2 aromatic rings. The molecule has 1 heterocycles. The molecule has 0 radical (unpaired) electrons. The van der Waals surface area contributed by atoms with Gasteiger partial charge in [0.15, 0.2) is 6.67 Å². The highest BCUT2D eigenvalue weighted by Crippen LogP contribution is 2.23. The van der Waals surface area contributed by atoms with Crippen LogP contribution < -0.4 is 9.80 Å². The lowest BCUT2D eigenvalue weighted by Crippen LogP contribution is -3.09. The molecule has 0 bridgehead atoms. The third-order valence-corrected chi connectivity index (χ3v) is 5.00. The van der Waals surface area contributed by atoms with Gasteiger partial charge in [-0.05, 0) is 31.2 Å². The molecule has 0 saturated carbocycles. The van der Waals surface area contributed by atoms with Gasteiger partial charge >= 0.3 is 17.8 Å². The quantitative estimate of drug-likeness (QED) is 0.611. The first-order valence-electron chi connectivity index (χ1n) is 8.29. The van der Waals surface area contributed by atoms with Crippen molar-refractivity contribution in [3.63, 3.8) is 0 Å². The van der Waals surface area contributed by atoms with Gasteiger partial charge in [-0.3, -0.25) is 9.59 Å². The zero-order chi connectivity index (χ0) is 19.7. The number of benzene rings is 2. The molecule has 1 N–H and O–H groups in total. The van der Waals surface area contributed by atoms with Gasteiger partial charge in [0.2, 0.25) is 0 Å². The molecule has 2 aromatic carbocycles. The van der Waals surface area contributed by atoms with Crippen molar-refractivity contribution in [1.29, 1.82) is 0 Å². The fourth-order valence-corrected chi connectivity index (χ4v) is 3.21. The predicted molar refractivity (Wildman–Crippen MR) is 103 cm³/mol. The van der Waals surface area contributed by atoms with E-state index in [4.69, 9.17) is 23.2 Å². The van der Waals surface area contributed by atoms with Crippen LogP contribution in [0.15, 0.2) is 42.5 Å². The van der Waals surface area contributed by atoms with Crippen molar-refractivity contribution in [2.75, 3.05) is 18.6 Å². The smallest absolute Gasteiger partial charge is 0.316 e. The van der Waals surface area contributed by atoms with Crippen molar-refractivity contribution in [3.8, 4) is 0 Å². The Morgan fingerprint density at radius 1 is 0.926 bits per heavy atom. The van der Waals surface area contributed by atoms with E-state index in [-0.39, 0.29) is 6.67 Å². The second-order valence-corrected chi connectivity index (χ2v) is 7.35. The Bertz CT molecular complexity index is 915. The standard InChI is InChI=1S/C19H17Cl2N3O3/c1-12-3-6-14(7-4-12)24-18(26)17(25)23(19(24)27)11-22(2)10-13-5-8-15(20)16(21)9-13/h3-9H,10-11H2,1-2H3/p+1. The first-order chi connectivity index (χ1) is 12.8. The fraction of sp³-hybridized carbons (Fsp3) is 0.211. The van der Waals surface area contributed by atoms with E-state index < -0.39 is 17.8 Å². The van der Waals surface area contributed by atoms with E-state index in [9.17, 15) is 14.4 Å². The average molecular weight is 407 g/mol. The Kier molecular flexibility index (Phi) is 5.51. The van der Waals surface area contributed by atoms with Gasteiger partial charge in [0.1, 0.15) is 6.54 Å². The molecule has 1 unspecified atom stereocenters. The number of nitrogens with zero attached hydrogens (tertiary/aromatic N) is 2. The summed E-state index contributed by atoms with van der Waals surface area (Å²) in [7, 11) is 1.82. The maximum atomic E-state index is 12.7. The van der Waals surface area contributed by atoms with E-state index >= 15 is 0 Å². The number of nitrogens with one attached hydrogen (secondary N) is 1. The van der Waals surface area contributed by atoms with Crippen LogP contribution in [0, 0.1) is 6.92 Å². The molecule has 1 saturated heterocycles. The molecule has 0 aromatic heterocycles. The molecule has 1 aliphatic rings. The number of carbonyl (C=O) groups excluding carboxylic acids is 3. The molecule has 6 nitrogen and oxygen atoms in total. The van der Waals surface area contributed by atoms with Gasteiger partial charge in [0, 0.05) is 5.56 Å². The van der Waals surface area contributed by atoms with Crippen molar-refractivity contribution in [3.05, 3.63) is 63.6 Å². The number of halogens is 2. The Labute approximate surface area is 166 Å². The van der Waals surface area contributed by atoms with E-state index in [1.165, 1.54) is 0 Å². The molecule has 3 rings (SSSR count). The van der Waals surface area contributed by atoms with Crippen LogP contribution in [-0.4, -0.2) is 36.5 Å². The summed E-state index contributed by atoms with van der Waals surface area (Å²) in [6.45, 7) is 2.47. The lowest BCUT2D eigenvalue weighted by molar-refractivity contribution is -0.901. The van der Waals surface area contributed by atoms with E-state index in [1.807, 2.05) is 20.0 Å². The summed E-state index contributed by atoms with van der Waals surface area (Å²) in [5, 5.41) is 0.901. The lowest BCUT2D eigenvalue weighted by atomic mass is 10.2. The zero-order valence-electron chi connectivity index (χ0n) is 14.8. The molecule has 1 atom stereocenters. The first-order valence-corrected chi connectivity index (χ1v) is 9.05. The van der Waals surface area contributed by atoms with Crippen LogP contribution >= 0.6 is 23.2 Å². The second-order valence-electron chi connectivity index (χ2n) is 6.53. The summed E-state index contributed by atoms with van der Waals surface area (Å²) in [6, 6.07) is 11.5. The van der Waals surface area contributed by atoms with Crippen molar-refractivity contribution < 1.29 is 19.3 Å². The van der Waals surface area contributed by atoms with Crippen LogP contribution in [0.5, 0.6) is 0 Å². The molecular weight excluding hydrogens is 389 g/mol. The first kappa shape index (κ1) is 19.4. The molecule has 27 heavy (non-hydrogen) atoms. The Morgan fingerprint density at radius 3 is 2.22 bits per heavy atom. The van der Waals surface area contributed by atoms with Gasteiger partial charge in [-0.1, -0.05) is 47.0 Å². The number of carbonyl (C=O) groups is 3. The minimum atomic E-state index is -0.841. The Morgan fingerprint density at radius 2 is 1.59 bits per heavy atom. The Hall–Kier alpha value is -2.41. The van der Waals surface area contributed by atoms with Gasteiger partial charge in [0.25, 0.3) is 0 Å². The van der Waals surface area contributed by atoms with Gasteiger partial charge in [-0.2, -0.15) is 0 Å². The Balaban J connectivity index is 1.73. The topological polar surface area (TPSA) is 62.1 Å². The minimum Gasteiger partial charge on any atom is -0.316 e. The number of quaternary nitrogens is 1. The van der Waals surface area contributed by atoms with E-state index in [0.29, 0.717) is 22.3 Å². The maximum absolute atomic E-state index is 12.7. The summed E-state index contributed by atoms with van der Waals surface area (Å²) in [6.07, 6.45) is 0. The maximum Gasteiger partial charge on any atom is 0.343 e. The number of urea groups is 1. The van der Waals surface area contributed by atoms with E-state index in [2.05, 4.69) is 0 Å². The monoisotopic (exact) mass is 406 g/mol. The third kappa shape index (κ3) is 3.98. The largest absolute Gasteiger partial charge is 0.343 e. The number of hydrogen-bond acceptors (Lipinski definition) is 3. The molecule has 0 aliphatic carbocycles. The van der Waals surface area contributed by atoms with Crippen molar-refractivity contribution in [2.24, 2.45) is 0 Å². The van der Waals surface area contributed by atoms with Crippen molar-refractivity contribution in [2.45, 2.75) is 13.5 Å². The van der Waals surface area contributed by atoms with E-state index in [0.717, 1.165) is 25.8 Å². The molecule has 8 heteroatoms. The average Bonchev–Trinajstić information content (AvgIpc) is 2.83. The van der Waals surface area contributed by atoms with E-state index in [1.54, 1.807) is 36.4 Å². The summed E-state index contributed by atoms with van der Waals surface area (Å²) in [5.74, 6) is -1.67. The molecule has 140 valence electrons. The van der Waals surface area contributed by atoms with Crippen LogP contribution in [0.4, 0.5) is 10.5 Å². The molecule has 1 aliphatic heterocycles. The molecule has 4 amide bonds. The van der Waals surface area contributed by atoms with Crippen LogP contribution in [0.25, 0.3) is 0 Å². The van der Waals surface area contributed by atoms with Gasteiger partial charge in [0.05, 0.1) is 22.8 Å². The molecular formula is C19H18Cl2N3O3+. The SMILES string of the molecule is Cc1ccc(N2C(=O)C(=O)N(C[NH+](C)Cc3ccc(Cl)c(Cl)c3)C2=O)cc1. The van der Waals surface area contributed by atoms with Crippen molar-refractivity contribution >= 4 is 46.7 Å². The number of hydrogen-bond donors (Lipinski definition) is 1. The highest BCUT2D eigenvalue weighted by molar-refractivity contribution is 6.52. The van der Waals surface area contributed by atoms with Gasteiger partial charge in [-0.25, -0.2) is 14.6 Å². The normalized spacial score (nSPS) is 15.6. The fourth-order valence-electron chi connectivity index (χ4n) is 2.89. The summed E-state index contributed by atoms with van der Waals surface area (Å²) in [5.41, 5.74) is 2.28. The number of amides is 4. The number of anilines is 1. The van der Waals surface area contributed by atoms with Crippen LogP contribution in [0.1, 0.15) is 11.1 Å². The van der Waals surface area contributed by atoms with Gasteiger partial charge in [-0.15, -0.1) is 0 Å². The molecule has 0 spiro atoms. The third-order valence-electron chi connectivity index (χ3n) is 4.26. The van der Waals surface area contributed by atoms with Crippen LogP contribution in [0.2, 0.25) is 10.0 Å². The van der Waals surface area contributed by atoms with Crippen LogP contribution in [0.3, 0.4) is 0 Å². The lowest BCUT2D eigenvalue weighted by Gasteiger charge is -2.20. The second kappa shape index (κ2) is 7.68. The summed E-state index contributed by atoms with van der Waals surface area (Å²) in [4.78, 5) is 40.0. The highest BCUT2D eigenvalue weighted by Gasteiger charge is 2.46. The summed E-state index contributed by atoms with van der Waals surface area (Å²) < 4.78 is 0. The zero-order valence-corrected chi connectivity index (χ0v) is 16.3. The highest BCUT2D eigenvalue weighted by atomic mass is 35.5. The number of imide groups is 2. The summed E-state index contributed by atoms with van der Waals surface area (Å²) >= 11 is 11.9. The number of rotatable bonds is 5. The predicted octanol–water partition coefficient (Wildman–Crippen LogP) is 2.27. The minimum absolute atomic E-state index is 0.0615. The van der Waals surface area contributed by atoms with Crippen LogP contribution in [-0.2, 0) is 16.1 Å². The molecule has 1 fully saturated rings. The van der Waals surface area contributed by atoms with Gasteiger partial charge < -0.3 is 4.90 Å².